The number of aryl methyl sites for hydroxylation is 1. The summed E-state index contributed by atoms with van der Waals surface area (Å²) in [6.45, 7) is 0.950. The number of para-hydroxylation sites is 1. The summed E-state index contributed by atoms with van der Waals surface area (Å²) >= 11 is 12.7. The molecule has 39 heavy (non-hydrogen) atoms. The number of halogens is 2. The van der Waals surface area contributed by atoms with Gasteiger partial charge in [-0.2, -0.15) is 0 Å². The second kappa shape index (κ2) is 15.7. The number of hydrogen-bond acceptors (Lipinski definition) is 7. The number of ether oxygens (including phenoxy) is 4. The summed E-state index contributed by atoms with van der Waals surface area (Å²) in [5.74, 6) is 0.509. The maximum absolute atomic E-state index is 12.0. The summed E-state index contributed by atoms with van der Waals surface area (Å²) in [6.07, 6.45) is 6.34. The monoisotopic (exact) mass is 571 g/mol. The van der Waals surface area contributed by atoms with Crippen molar-refractivity contribution in [2.45, 2.75) is 25.7 Å². The molecular weight excluding hydrogens is 541 g/mol. The van der Waals surface area contributed by atoms with Gasteiger partial charge in [0.15, 0.2) is 0 Å². The van der Waals surface area contributed by atoms with Gasteiger partial charge >= 0.3 is 11.9 Å². The fourth-order valence-electron chi connectivity index (χ4n) is 3.61. The first kappa shape index (κ1) is 29.9. The van der Waals surface area contributed by atoms with Gasteiger partial charge in [0, 0.05) is 12.1 Å². The van der Waals surface area contributed by atoms with Crippen molar-refractivity contribution in [1.82, 2.24) is 0 Å². The summed E-state index contributed by atoms with van der Waals surface area (Å²) in [5.41, 5.74) is 2.73. The molecule has 0 saturated heterocycles. The molecule has 0 aliphatic rings. The molecule has 0 unspecified atom stereocenters. The fourth-order valence-corrected chi connectivity index (χ4v) is 4.10. The molecule has 0 bridgehead atoms. The fraction of sp³-hybridized carbons (Fsp3) is 0.267. The van der Waals surface area contributed by atoms with Crippen molar-refractivity contribution in [1.29, 1.82) is 0 Å². The van der Waals surface area contributed by atoms with Gasteiger partial charge in [0.2, 0.25) is 0 Å². The van der Waals surface area contributed by atoms with E-state index >= 15 is 0 Å². The van der Waals surface area contributed by atoms with Crippen LogP contribution in [0, 0.1) is 0 Å². The summed E-state index contributed by atoms with van der Waals surface area (Å²) in [5, 5.41) is 4.17. The number of carbonyl (C=O) groups excluding carboxylic acids is 2. The highest BCUT2D eigenvalue weighted by Crippen LogP contribution is 2.30. The summed E-state index contributed by atoms with van der Waals surface area (Å²) in [6, 6.07) is 18.0. The minimum atomic E-state index is -0.421. The van der Waals surface area contributed by atoms with Crippen molar-refractivity contribution in [2.24, 2.45) is 0 Å². The lowest BCUT2D eigenvalue weighted by Crippen LogP contribution is -2.05. The predicted molar refractivity (Wildman–Crippen MR) is 154 cm³/mol. The smallest absolute Gasteiger partial charge is 0.339 e. The molecule has 9 heteroatoms. The first-order valence-electron chi connectivity index (χ1n) is 12.4. The van der Waals surface area contributed by atoms with E-state index in [1.54, 1.807) is 30.3 Å². The minimum Gasteiger partial charge on any atom is -0.492 e. The molecule has 0 heterocycles. The zero-order valence-corrected chi connectivity index (χ0v) is 23.4. The Morgan fingerprint density at radius 3 is 2.08 bits per heavy atom. The third-order valence-corrected chi connectivity index (χ3v) is 6.23. The summed E-state index contributed by atoms with van der Waals surface area (Å²) < 4.78 is 21.1. The second-order valence-electron chi connectivity index (χ2n) is 8.39. The molecule has 1 N–H and O–H groups in total. The molecular formula is C30H31Cl2NO6. The lowest BCUT2D eigenvalue weighted by Gasteiger charge is -2.13. The number of nitrogens with one attached hydrogen (secondary N) is 1. The van der Waals surface area contributed by atoms with Crippen LogP contribution in [-0.4, -0.2) is 39.4 Å². The number of rotatable bonds is 14. The van der Waals surface area contributed by atoms with Gasteiger partial charge in [-0.1, -0.05) is 53.6 Å². The largest absolute Gasteiger partial charge is 0.492 e. The molecule has 0 saturated carbocycles. The Bertz CT molecular complexity index is 1290. The van der Waals surface area contributed by atoms with Gasteiger partial charge in [-0.3, -0.25) is 4.79 Å². The molecule has 0 aliphatic carbocycles. The van der Waals surface area contributed by atoms with Gasteiger partial charge in [-0.15, -0.1) is 0 Å². The van der Waals surface area contributed by atoms with E-state index in [9.17, 15) is 9.59 Å². The molecule has 0 aliphatic heterocycles. The lowest BCUT2D eigenvalue weighted by molar-refractivity contribution is -0.140. The Morgan fingerprint density at radius 2 is 1.46 bits per heavy atom. The molecule has 3 rings (SSSR count). The molecule has 0 amide bonds. The van der Waals surface area contributed by atoms with Crippen LogP contribution in [0.25, 0.3) is 0 Å². The molecule has 3 aromatic rings. The lowest BCUT2D eigenvalue weighted by atomic mass is 10.1. The average molecular weight is 572 g/mol. The van der Waals surface area contributed by atoms with Crippen molar-refractivity contribution in [2.75, 3.05) is 32.8 Å². The van der Waals surface area contributed by atoms with E-state index in [1.165, 1.54) is 14.2 Å². The molecule has 206 valence electrons. The number of carbonyl (C=O) groups is 2. The van der Waals surface area contributed by atoms with Gasteiger partial charge in [0.25, 0.3) is 0 Å². The Balaban J connectivity index is 1.38. The topological polar surface area (TPSA) is 83.1 Å². The molecule has 0 radical (unpaired) electrons. The highest BCUT2D eigenvalue weighted by molar-refractivity contribution is 6.32. The maximum atomic E-state index is 12.0. The minimum absolute atomic E-state index is 0.252. The SMILES string of the molecule is COC(=O)CCc1ccc(OCC/C=C/CCOc2ccc(Nc3ccccc3C(=O)OC)cc2Cl)c(Cl)c1. The second-order valence-corrected chi connectivity index (χ2v) is 9.21. The molecule has 0 spiro atoms. The van der Waals surface area contributed by atoms with E-state index in [-0.39, 0.29) is 5.97 Å². The van der Waals surface area contributed by atoms with E-state index in [0.717, 1.165) is 11.3 Å². The number of methoxy groups -OCH3 is 2. The van der Waals surface area contributed by atoms with E-state index in [1.807, 2.05) is 42.5 Å². The summed E-state index contributed by atoms with van der Waals surface area (Å²) in [4.78, 5) is 23.3. The van der Waals surface area contributed by atoms with Crippen LogP contribution in [0.5, 0.6) is 11.5 Å². The summed E-state index contributed by atoms with van der Waals surface area (Å²) in [7, 11) is 2.72. The van der Waals surface area contributed by atoms with E-state index < -0.39 is 5.97 Å². The first-order valence-corrected chi connectivity index (χ1v) is 13.2. The van der Waals surface area contributed by atoms with E-state index in [2.05, 4.69) is 10.1 Å². The van der Waals surface area contributed by atoms with Crippen molar-refractivity contribution in [3.8, 4) is 11.5 Å². The van der Waals surface area contributed by atoms with Gasteiger partial charge in [0.1, 0.15) is 11.5 Å². The zero-order chi connectivity index (χ0) is 28.0. The highest BCUT2D eigenvalue weighted by atomic mass is 35.5. The standard InChI is InChI=1S/C30H31Cl2NO6/c1-36-29(34)16-12-21-11-14-27(24(31)19-21)38-17-7-3-4-8-18-39-28-15-13-22(20-25(28)32)33-26-10-6-5-9-23(26)30(35)37-2/h3-6,9-11,13-15,19-20,33H,7-8,12,16-18H2,1-2H3/b4-3+. The third kappa shape index (κ3) is 9.53. The van der Waals surface area contributed by atoms with Gasteiger partial charge in [-0.25, -0.2) is 4.79 Å². The zero-order valence-electron chi connectivity index (χ0n) is 21.9. The quantitative estimate of drug-likeness (QED) is 0.122. The molecule has 7 nitrogen and oxygen atoms in total. The van der Waals surface area contributed by atoms with Gasteiger partial charge in [0.05, 0.1) is 48.7 Å². The average Bonchev–Trinajstić information content (AvgIpc) is 2.94. The van der Waals surface area contributed by atoms with Crippen LogP contribution in [-0.2, 0) is 20.7 Å². The van der Waals surface area contributed by atoms with Crippen LogP contribution < -0.4 is 14.8 Å². The number of anilines is 2. The van der Waals surface area contributed by atoms with E-state index in [4.69, 9.17) is 37.4 Å². The van der Waals surface area contributed by atoms with E-state index in [0.29, 0.717) is 71.7 Å². The van der Waals surface area contributed by atoms with Crippen LogP contribution in [0.4, 0.5) is 11.4 Å². The van der Waals surface area contributed by atoms with Gasteiger partial charge in [-0.05, 0) is 67.3 Å². The normalized spacial score (nSPS) is 10.8. The van der Waals surface area contributed by atoms with Crippen molar-refractivity contribution < 1.29 is 28.5 Å². The number of benzene rings is 3. The number of hydrogen-bond donors (Lipinski definition) is 1. The van der Waals surface area contributed by atoms with Crippen LogP contribution in [0.2, 0.25) is 10.0 Å². The van der Waals surface area contributed by atoms with Gasteiger partial charge < -0.3 is 24.3 Å². The highest BCUT2D eigenvalue weighted by Gasteiger charge is 2.12. The molecule has 0 atom stereocenters. The Hall–Kier alpha value is -3.68. The molecule has 0 fully saturated rings. The Morgan fingerprint density at radius 1 is 0.821 bits per heavy atom. The molecule has 0 aromatic heterocycles. The number of esters is 2. The van der Waals surface area contributed by atoms with Crippen molar-refractivity contribution in [3.05, 3.63) is 94.0 Å². The first-order chi connectivity index (χ1) is 18.9. The third-order valence-electron chi connectivity index (χ3n) is 5.64. The van der Waals surface area contributed by atoms with Crippen LogP contribution >= 0.6 is 23.2 Å². The maximum Gasteiger partial charge on any atom is 0.339 e. The predicted octanol–water partition coefficient (Wildman–Crippen LogP) is 7.42. The Labute approximate surface area is 238 Å². The van der Waals surface area contributed by atoms with Crippen LogP contribution in [0.15, 0.2) is 72.8 Å². The molecule has 3 aromatic carbocycles. The van der Waals surface area contributed by atoms with Crippen LogP contribution in [0.3, 0.4) is 0 Å². The Kier molecular flexibility index (Phi) is 12.0. The van der Waals surface area contributed by atoms with Crippen molar-refractivity contribution >= 4 is 46.5 Å². The van der Waals surface area contributed by atoms with Crippen molar-refractivity contribution in [3.63, 3.8) is 0 Å². The van der Waals surface area contributed by atoms with Crippen LogP contribution in [0.1, 0.15) is 35.2 Å².